The number of nitrogens with one attached hydrogen (secondary N) is 1. The monoisotopic (exact) mass is 287 g/mol. The van der Waals surface area contributed by atoms with E-state index in [0.29, 0.717) is 12.5 Å². The molecule has 0 aromatic carbocycles. The van der Waals surface area contributed by atoms with E-state index >= 15 is 0 Å². The van der Waals surface area contributed by atoms with Crippen molar-refractivity contribution in [2.24, 2.45) is 11.3 Å². The van der Waals surface area contributed by atoms with E-state index in [2.05, 4.69) is 26.1 Å². The van der Waals surface area contributed by atoms with E-state index in [4.69, 9.17) is 4.74 Å². The molecule has 1 atom stereocenters. The van der Waals surface area contributed by atoms with Crippen LogP contribution in [0.5, 0.6) is 0 Å². The van der Waals surface area contributed by atoms with Gasteiger partial charge in [0.25, 0.3) is 0 Å². The van der Waals surface area contributed by atoms with Crippen LogP contribution in [0.4, 0.5) is 4.79 Å². The molecule has 4 nitrogen and oxygen atoms in total. The average molecular weight is 287 g/mol. The van der Waals surface area contributed by atoms with Crippen molar-refractivity contribution in [3.05, 3.63) is 0 Å². The Labute approximate surface area is 124 Å². The number of rotatable bonds is 8. The maximum atomic E-state index is 11.8. The Bertz CT molecular complexity index is 284. The van der Waals surface area contributed by atoms with Crippen LogP contribution in [-0.2, 0) is 4.74 Å². The molecule has 0 aromatic rings. The molecule has 0 saturated heterocycles. The highest BCUT2D eigenvalue weighted by Crippen LogP contribution is 2.32. The first kappa shape index (κ1) is 19.2. The second kappa shape index (κ2) is 8.50. The molecule has 0 saturated carbocycles. The van der Waals surface area contributed by atoms with Crippen molar-refractivity contribution >= 4 is 6.09 Å². The molecule has 120 valence electrons. The summed E-state index contributed by atoms with van der Waals surface area (Å²) in [5.41, 5.74) is -0.752. The first-order valence-corrected chi connectivity index (χ1v) is 7.74. The first-order valence-electron chi connectivity index (χ1n) is 7.74. The van der Waals surface area contributed by atoms with Crippen LogP contribution in [0.3, 0.4) is 0 Å². The zero-order valence-electron chi connectivity index (χ0n) is 14.1. The van der Waals surface area contributed by atoms with Crippen LogP contribution in [0.15, 0.2) is 0 Å². The number of hydrogen-bond acceptors (Lipinski definition) is 3. The molecule has 0 spiro atoms. The lowest BCUT2D eigenvalue weighted by atomic mass is 9.74. The minimum atomic E-state index is -0.494. The standard InChI is InChI=1S/C16H33NO3/c1-7-8-9-10-16(12-18,13(2)3)11-17-14(19)20-15(4,5)6/h13,18H,7-12H2,1-6H3,(H,17,19). The largest absolute Gasteiger partial charge is 0.444 e. The summed E-state index contributed by atoms with van der Waals surface area (Å²) in [7, 11) is 0. The van der Waals surface area contributed by atoms with E-state index in [1.165, 1.54) is 0 Å². The lowest BCUT2D eigenvalue weighted by Gasteiger charge is -2.36. The number of ether oxygens (including phenoxy) is 1. The fourth-order valence-electron chi connectivity index (χ4n) is 2.19. The van der Waals surface area contributed by atoms with Gasteiger partial charge in [-0.1, -0.05) is 40.0 Å². The maximum Gasteiger partial charge on any atom is 0.407 e. The molecule has 0 rings (SSSR count). The number of carbonyl (C=O) groups is 1. The molecule has 0 radical (unpaired) electrons. The molecule has 2 N–H and O–H groups in total. The third kappa shape index (κ3) is 7.13. The summed E-state index contributed by atoms with van der Waals surface area (Å²) in [6.07, 6.45) is 3.89. The van der Waals surface area contributed by atoms with Gasteiger partial charge < -0.3 is 15.2 Å². The molecule has 0 bridgehead atoms. The van der Waals surface area contributed by atoms with Crippen LogP contribution in [0.1, 0.15) is 67.2 Å². The molecule has 0 aliphatic rings. The minimum absolute atomic E-state index is 0.0875. The maximum absolute atomic E-state index is 11.8. The third-order valence-electron chi connectivity index (χ3n) is 3.80. The quantitative estimate of drug-likeness (QED) is 0.669. The molecular weight excluding hydrogens is 254 g/mol. The van der Waals surface area contributed by atoms with E-state index < -0.39 is 11.7 Å². The van der Waals surface area contributed by atoms with Gasteiger partial charge in [-0.2, -0.15) is 0 Å². The Morgan fingerprint density at radius 1 is 1.25 bits per heavy atom. The van der Waals surface area contributed by atoms with Gasteiger partial charge in [0.1, 0.15) is 5.60 Å². The van der Waals surface area contributed by atoms with Crippen molar-refractivity contribution in [2.75, 3.05) is 13.2 Å². The van der Waals surface area contributed by atoms with E-state index in [1.807, 2.05) is 20.8 Å². The van der Waals surface area contributed by atoms with Gasteiger partial charge in [-0.15, -0.1) is 0 Å². The zero-order valence-corrected chi connectivity index (χ0v) is 14.1. The number of aliphatic hydroxyl groups is 1. The molecule has 1 amide bonds. The molecule has 20 heavy (non-hydrogen) atoms. The van der Waals surface area contributed by atoms with E-state index in [9.17, 15) is 9.90 Å². The number of unbranched alkanes of at least 4 members (excludes halogenated alkanes) is 2. The lowest BCUT2D eigenvalue weighted by Crippen LogP contribution is -2.45. The van der Waals surface area contributed by atoms with Gasteiger partial charge in [-0.3, -0.25) is 0 Å². The average Bonchev–Trinajstić information content (AvgIpc) is 2.31. The van der Waals surface area contributed by atoms with E-state index in [1.54, 1.807) is 0 Å². The Kier molecular flexibility index (Phi) is 8.17. The molecule has 0 fully saturated rings. The number of carbonyl (C=O) groups excluding carboxylic acids is 1. The molecule has 4 heteroatoms. The Morgan fingerprint density at radius 3 is 2.25 bits per heavy atom. The van der Waals surface area contributed by atoms with Crippen molar-refractivity contribution in [3.8, 4) is 0 Å². The summed E-state index contributed by atoms with van der Waals surface area (Å²) in [6.45, 7) is 12.4. The first-order chi connectivity index (χ1) is 9.17. The van der Waals surface area contributed by atoms with Crippen LogP contribution < -0.4 is 5.32 Å². The lowest BCUT2D eigenvalue weighted by molar-refractivity contribution is 0.0359. The van der Waals surface area contributed by atoms with Crippen molar-refractivity contribution in [3.63, 3.8) is 0 Å². The number of amides is 1. The number of hydrogen-bond donors (Lipinski definition) is 2. The zero-order chi connectivity index (χ0) is 15.8. The second-order valence-electron chi connectivity index (χ2n) is 6.99. The van der Waals surface area contributed by atoms with Crippen molar-refractivity contribution < 1.29 is 14.6 Å². The topological polar surface area (TPSA) is 58.6 Å². The van der Waals surface area contributed by atoms with Gasteiger partial charge in [0.15, 0.2) is 0 Å². The molecule has 0 aromatic heterocycles. The highest BCUT2D eigenvalue weighted by atomic mass is 16.6. The molecule has 0 aliphatic heterocycles. The molecule has 0 aliphatic carbocycles. The fraction of sp³-hybridized carbons (Fsp3) is 0.938. The minimum Gasteiger partial charge on any atom is -0.444 e. The Hall–Kier alpha value is -0.770. The van der Waals surface area contributed by atoms with Gasteiger partial charge in [0, 0.05) is 12.0 Å². The summed E-state index contributed by atoms with van der Waals surface area (Å²) in [6, 6.07) is 0. The predicted octanol–water partition coefficient (Wildman–Crippen LogP) is 3.73. The third-order valence-corrected chi connectivity index (χ3v) is 3.80. The van der Waals surface area contributed by atoms with Crippen LogP contribution >= 0.6 is 0 Å². The van der Waals surface area contributed by atoms with Crippen LogP contribution in [0.25, 0.3) is 0 Å². The second-order valence-corrected chi connectivity index (χ2v) is 6.99. The van der Waals surface area contributed by atoms with Crippen molar-refractivity contribution in [1.82, 2.24) is 5.32 Å². The number of aliphatic hydroxyl groups excluding tert-OH is 1. The summed E-state index contributed by atoms with van der Waals surface area (Å²) in [5, 5.41) is 12.6. The van der Waals surface area contributed by atoms with Gasteiger partial charge >= 0.3 is 6.09 Å². The smallest absolute Gasteiger partial charge is 0.407 e. The van der Waals surface area contributed by atoms with Gasteiger partial charge in [-0.25, -0.2) is 4.79 Å². The molecular formula is C16H33NO3. The van der Waals surface area contributed by atoms with Gasteiger partial charge in [-0.05, 0) is 33.1 Å². The van der Waals surface area contributed by atoms with Crippen LogP contribution in [0.2, 0.25) is 0 Å². The van der Waals surface area contributed by atoms with Crippen LogP contribution in [0, 0.1) is 11.3 Å². The SMILES string of the molecule is CCCCCC(CO)(CNC(=O)OC(C)(C)C)C(C)C. The molecule has 1 unspecified atom stereocenters. The highest BCUT2D eigenvalue weighted by Gasteiger charge is 2.33. The van der Waals surface area contributed by atoms with Crippen molar-refractivity contribution in [2.45, 2.75) is 72.8 Å². The van der Waals surface area contributed by atoms with E-state index in [0.717, 1.165) is 25.7 Å². The fourth-order valence-corrected chi connectivity index (χ4v) is 2.19. The summed E-state index contributed by atoms with van der Waals surface area (Å²) in [4.78, 5) is 11.8. The van der Waals surface area contributed by atoms with Gasteiger partial charge in [0.05, 0.1) is 6.61 Å². The van der Waals surface area contributed by atoms with Gasteiger partial charge in [0.2, 0.25) is 0 Å². The summed E-state index contributed by atoms with van der Waals surface area (Å²) < 4.78 is 5.25. The van der Waals surface area contributed by atoms with Crippen LogP contribution in [-0.4, -0.2) is 30.0 Å². The number of alkyl carbamates (subject to hydrolysis) is 1. The van der Waals surface area contributed by atoms with E-state index in [-0.39, 0.29) is 12.0 Å². The van der Waals surface area contributed by atoms with Crippen molar-refractivity contribution in [1.29, 1.82) is 0 Å². The highest BCUT2D eigenvalue weighted by molar-refractivity contribution is 5.67. The Morgan fingerprint density at radius 2 is 1.85 bits per heavy atom. The summed E-state index contributed by atoms with van der Waals surface area (Å²) >= 11 is 0. The summed E-state index contributed by atoms with van der Waals surface area (Å²) in [5.74, 6) is 0.305. The predicted molar refractivity (Wildman–Crippen MR) is 82.7 cm³/mol. The normalized spacial score (nSPS) is 15.0. The Balaban J connectivity index is 4.53. The molecule has 0 heterocycles.